The van der Waals surface area contributed by atoms with Crippen LogP contribution in [-0.2, 0) is 4.79 Å². The van der Waals surface area contributed by atoms with Crippen LogP contribution in [0.15, 0.2) is 12.2 Å². The fourth-order valence-electron chi connectivity index (χ4n) is 3.61. The topological polar surface area (TPSA) is 57.5 Å². The van der Waals surface area contributed by atoms with E-state index in [4.69, 9.17) is 0 Å². The molecule has 0 aliphatic rings. The Morgan fingerprint density at radius 3 is 2.04 bits per heavy atom. The molecule has 0 aliphatic heterocycles. The molecule has 0 aromatic carbocycles. The van der Waals surface area contributed by atoms with Crippen molar-refractivity contribution in [3.63, 3.8) is 0 Å². The number of aliphatic carboxylic acids is 1. The number of rotatable bonds is 14. The van der Waals surface area contributed by atoms with Crippen molar-refractivity contribution in [2.24, 2.45) is 0 Å². The van der Waals surface area contributed by atoms with E-state index in [1.54, 1.807) is 0 Å². The highest BCUT2D eigenvalue weighted by molar-refractivity contribution is 5.72. The molecule has 0 aromatic rings. The van der Waals surface area contributed by atoms with Gasteiger partial charge in [-0.15, -0.1) is 0 Å². The van der Waals surface area contributed by atoms with Gasteiger partial charge in [-0.05, 0) is 38.5 Å². The minimum absolute atomic E-state index is 0.402. The lowest BCUT2D eigenvalue weighted by atomic mass is 10.0. The molecule has 2 unspecified atom stereocenters. The molecule has 0 fully saturated rings. The maximum atomic E-state index is 11.9. The molecule has 0 rings (SSSR count). The molecule has 2 N–H and O–H groups in total. The van der Waals surface area contributed by atoms with E-state index in [2.05, 4.69) is 32.9 Å². The number of nitrogens with zero attached hydrogens (tertiary/aromatic N) is 1. The number of allylic oxidation sites excluding steroid dienone is 2. The molecule has 0 radical (unpaired) electrons. The fraction of sp³-hybridized carbons (Fsp3) is 0.842. The van der Waals surface area contributed by atoms with E-state index in [1.807, 2.05) is 6.92 Å². The van der Waals surface area contributed by atoms with Crippen molar-refractivity contribution in [2.75, 3.05) is 19.6 Å². The maximum Gasteiger partial charge on any atom is 0.362 e. The first kappa shape index (κ1) is 22.1. The molecule has 0 saturated carbocycles. The summed E-state index contributed by atoms with van der Waals surface area (Å²) in [5, 5.41) is 20.2. The van der Waals surface area contributed by atoms with Gasteiger partial charge in [-0.3, -0.25) is 0 Å². The molecular formula is C19H38NO3+. The highest BCUT2D eigenvalue weighted by Crippen LogP contribution is 2.23. The average molecular weight is 329 g/mol. The molecule has 4 nitrogen and oxygen atoms in total. The van der Waals surface area contributed by atoms with Gasteiger partial charge in [0.2, 0.25) is 0 Å². The van der Waals surface area contributed by atoms with E-state index in [-0.39, 0.29) is 0 Å². The van der Waals surface area contributed by atoms with Crippen molar-refractivity contribution >= 4 is 5.97 Å². The number of carboxylic acid groups (broad SMARTS) is 1. The Bertz CT molecular complexity index is 336. The van der Waals surface area contributed by atoms with Crippen LogP contribution in [0.2, 0.25) is 0 Å². The van der Waals surface area contributed by atoms with Crippen LogP contribution in [0.4, 0.5) is 0 Å². The molecule has 4 heteroatoms. The first-order chi connectivity index (χ1) is 11.0. The molecule has 0 heterocycles. The third kappa shape index (κ3) is 7.98. The molecule has 0 amide bonds. The minimum atomic E-state index is -0.716. The molecule has 23 heavy (non-hydrogen) atoms. The van der Waals surface area contributed by atoms with Gasteiger partial charge in [0.05, 0.1) is 13.1 Å². The number of quaternary nitrogens is 1. The highest BCUT2D eigenvalue weighted by atomic mass is 16.4. The van der Waals surface area contributed by atoms with E-state index in [1.165, 1.54) is 0 Å². The molecule has 0 aromatic heterocycles. The number of hydrogen-bond acceptors (Lipinski definition) is 2. The van der Waals surface area contributed by atoms with Crippen LogP contribution in [0.5, 0.6) is 0 Å². The van der Waals surface area contributed by atoms with Gasteiger partial charge in [0.25, 0.3) is 0 Å². The quantitative estimate of drug-likeness (QED) is 0.374. The molecular weight excluding hydrogens is 290 g/mol. The summed E-state index contributed by atoms with van der Waals surface area (Å²) in [6.07, 6.45) is 9.79. The van der Waals surface area contributed by atoms with Crippen molar-refractivity contribution in [1.82, 2.24) is 0 Å². The third-order valence-corrected chi connectivity index (χ3v) is 4.49. The van der Waals surface area contributed by atoms with Gasteiger partial charge in [-0.1, -0.05) is 39.8 Å². The fourth-order valence-corrected chi connectivity index (χ4v) is 3.61. The average Bonchev–Trinajstić information content (AvgIpc) is 2.49. The van der Waals surface area contributed by atoms with Gasteiger partial charge in [-0.25, -0.2) is 4.79 Å². The van der Waals surface area contributed by atoms with Gasteiger partial charge in [0, 0.05) is 6.42 Å². The molecule has 0 spiro atoms. The molecule has 136 valence electrons. The normalized spacial score (nSPS) is 15.0. The minimum Gasteiger partial charge on any atom is -0.477 e. The van der Waals surface area contributed by atoms with E-state index in [9.17, 15) is 15.0 Å². The zero-order chi connectivity index (χ0) is 17.7. The predicted octanol–water partition coefficient (Wildman–Crippen LogP) is 3.98. The van der Waals surface area contributed by atoms with Crippen molar-refractivity contribution in [3.8, 4) is 0 Å². The lowest BCUT2D eigenvalue weighted by Crippen LogP contribution is -2.62. The lowest BCUT2D eigenvalue weighted by Gasteiger charge is -2.44. The molecule has 2 atom stereocenters. The Morgan fingerprint density at radius 2 is 1.61 bits per heavy atom. The second kappa shape index (κ2) is 12.5. The van der Waals surface area contributed by atoms with Gasteiger partial charge in [0.15, 0.2) is 6.04 Å². The second-order valence-corrected chi connectivity index (χ2v) is 6.60. The Balaban J connectivity index is 5.14. The zero-order valence-corrected chi connectivity index (χ0v) is 15.6. The van der Waals surface area contributed by atoms with Crippen LogP contribution in [0, 0.1) is 0 Å². The largest absolute Gasteiger partial charge is 0.477 e. The Morgan fingerprint density at radius 1 is 1.00 bits per heavy atom. The van der Waals surface area contributed by atoms with Crippen LogP contribution in [0.25, 0.3) is 0 Å². The second-order valence-electron chi connectivity index (χ2n) is 6.60. The van der Waals surface area contributed by atoms with E-state index in [0.717, 1.165) is 45.2 Å². The summed E-state index contributed by atoms with van der Waals surface area (Å²) in [4.78, 5) is 11.9. The molecule has 0 saturated heterocycles. The van der Waals surface area contributed by atoms with Gasteiger partial charge >= 0.3 is 5.97 Å². The zero-order valence-electron chi connectivity index (χ0n) is 15.6. The van der Waals surface area contributed by atoms with Crippen molar-refractivity contribution in [2.45, 2.75) is 84.8 Å². The summed E-state index contributed by atoms with van der Waals surface area (Å²) in [5.74, 6) is -0.716. The van der Waals surface area contributed by atoms with E-state index < -0.39 is 18.1 Å². The van der Waals surface area contributed by atoms with Crippen LogP contribution >= 0.6 is 0 Å². The Labute approximate surface area is 142 Å². The maximum absolute atomic E-state index is 11.9. The summed E-state index contributed by atoms with van der Waals surface area (Å²) in [7, 11) is 0. The number of hydrogen-bond donors (Lipinski definition) is 2. The van der Waals surface area contributed by atoms with Gasteiger partial charge < -0.3 is 14.7 Å². The summed E-state index contributed by atoms with van der Waals surface area (Å²) in [5.41, 5.74) is 0. The molecule has 0 aliphatic carbocycles. The summed E-state index contributed by atoms with van der Waals surface area (Å²) < 4.78 is 0.523. The lowest BCUT2D eigenvalue weighted by molar-refractivity contribution is -0.946. The van der Waals surface area contributed by atoms with Gasteiger partial charge in [0.1, 0.15) is 12.6 Å². The van der Waals surface area contributed by atoms with Crippen LogP contribution in [-0.4, -0.2) is 52.4 Å². The Kier molecular flexibility index (Phi) is 12.1. The number of aliphatic hydroxyl groups is 1. The standard InChI is InChI=1S/C19H37NO3/c1-5-9-10-11-13-17(21)16-20(14-7-3,15-8-4)18(12-6-2)19(22)23/h9-10,17-18,21H,5-8,11-16H2,1-4H3/p+1/b10-9+. The monoisotopic (exact) mass is 328 g/mol. The SMILES string of the molecule is CC/C=C/CCC(O)C[N+](CCC)(CCC)C(CCC)C(=O)O. The van der Waals surface area contributed by atoms with Crippen LogP contribution in [0.1, 0.15) is 72.6 Å². The summed E-state index contributed by atoms with van der Waals surface area (Å²) in [6.45, 7) is 10.5. The van der Waals surface area contributed by atoms with E-state index >= 15 is 0 Å². The Hall–Kier alpha value is -0.870. The van der Waals surface area contributed by atoms with Crippen molar-refractivity contribution in [1.29, 1.82) is 0 Å². The number of aliphatic hydroxyl groups excluding tert-OH is 1. The number of carbonyl (C=O) groups is 1. The van der Waals surface area contributed by atoms with Crippen molar-refractivity contribution in [3.05, 3.63) is 12.2 Å². The van der Waals surface area contributed by atoms with Gasteiger partial charge in [-0.2, -0.15) is 0 Å². The summed E-state index contributed by atoms with van der Waals surface area (Å²) >= 11 is 0. The van der Waals surface area contributed by atoms with Crippen molar-refractivity contribution < 1.29 is 19.5 Å². The molecule has 0 bridgehead atoms. The number of carboxylic acids is 1. The first-order valence-corrected chi connectivity index (χ1v) is 9.38. The third-order valence-electron chi connectivity index (χ3n) is 4.49. The van der Waals surface area contributed by atoms with Crippen LogP contribution < -0.4 is 0 Å². The highest BCUT2D eigenvalue weighted by Gasteiger charge is 2.41. The summed E-state index contributed by atoms with van der Waals surface area (Å²) in [6, 6.07) is -0.402. The smallest absolute Gasteiger partial charge is 0.362 e. The predicted molar refractivity (Wildman–Crippen MR) is 96.4 cm³/mol. The van der Waals surface area contributed by atoms with E-state index in [0.29, 0.717) is 23.9 Å². The first-order valence-electron chi connectivity index (χ1n) is 9.38. The van der Waals surface area contributed by atoms with Crippen LogP contribution in [0.3, 0.4) is 0 Å².